The van der Waals surface area contributed by atoms with Crippen molar-refractivity contribution < 1.29 is 8.78 Å². The van der Waals surface area contributed by atoms with E-state index in [0.29, 0.717) is 28.7 Å². The number of alkyl halides is 2. The topological polar surface area (TPSA) is 29.9 Å². The van der Waals surface area contributed by atoms with Crippen molar-refractivity contribution in [2.24, 2.45) is 5.92 Å². The maximum atomic E-state index is 13.4. The van der Waals surface area contributed by atoms with E-state index in [1.807, 2.05) is 0 Å². The molecule has 1 N–H and O–H groups in total. The van der Waals surface area contributed by atoms with Crippen molar-refractivity contribution in [1.29, 1.82) is 0 Å². The van der Waals surface area contributed by atoms with Crippen LogP contribution in [-0.2, 0) is 6.54 Å². The Balaban J connectivity index is 2.31. The van der Waals surface area contributed by atoms with Crippen LogP contribution in [0.4, 0.5) is 8.78 Å². The summed E-state index contributed by atoms with van der Waals surface area (Å²) >= 11 is 6.07. The van der Waals surface area contributed by atoms with Gasteiger partial charge in [-0.25, -0.2) is 13.5 Å². The largest absolute Gasteiger partial charge is 0.312 e. The number of hydrogen-bond donors (Lipinski definition) is 1. The summed E-state index contributed by atoms with van der Waals surface area (Å²) < 4.78 is 28.0. The van der Waals surface area contributed by atoms with Gasteiger partial charge in [0.15, 0.2) is 0 Å². The van der Waals surface area contributed by atoms with E-state index in [0.717, 1.165) is 6.54 Å². The summed E-state index contributed by atoms with van der Waals surface area (Å²) in [6, 6.07) is 6.83. The number of benzene rings is 1. The molecular weight excluding hydrogens is 296 g/mol. The highest BCUT2D eigenvalue weighted by Crippen LogP contribution is 2.28. The Morgan fingerprint density at radius 1 is 1.29 bits per heavy atom. The van der Waals surface area contributed by atoms with Crippen LogP contribution in [0.5, 0.6) is 0 Å². The predicted octanol–water partition coefficient (Wildman–Crippen LogP) is 4.21. The number of nitrogens with one attached hydrogen (secondary N) is 1. The first-order valence-electron chi connectivity index (χ1n) is 6.81. The number of hydrogen-bond acceptors (Lipinski definition) is 2. The molecule has 1 aromatic heterocycles. The molecule has 3 nitrogen and oxygen atoms in total. The fourth-order valence-electron chi connectivity index (χ4n) is 2.07. The zero-order valence-corrected chi connectivity index (χ0v) is 12.7. The molecular formula is C15H18ClF2N3. The predicted molar refractivity (Wildman–Crippen MR) is 80.1 cm³/mol. The van der Waals surface area contributed by atoms with Gasteiger partial charge in [0.25, 0.3) is 6.43 Å². The minimum Gasteiger partial charge on any atom is -0.312 e. The van der Waals surface area contributed by atoms with Gasteiger partial charge in [-0.05, 0) is 24.6 Å². The van der Waals surface area contributed by atoms with Crippen molar-refractivity contribution in [2.75, 3.05) is 6.54 Å². The first-order valence-corrected chi connectivity index (χ1v) is 7.19. The highest BCUT2D eigenvalue weighted by molar-refractivity contribution is 6.32. The lowest BCUT2D eigenvalue weighted by Gasteiger charge is -2.11. The Bertz CT molecular complexity index is 596. The molecule has 6 heteroatoms. The number of nitrogens with zero attached hydrogens (tertiary/aromatic N) is 2. The molecule has 114 valence electrons. The third kappa shape index (κ3) is 3.80. The van der Waals surface area contributed by atoms with Crippen LogP contribution < -0.4 is 5.32 Å². The van der Waals surface area contributed by atoms with E-state index in [9.17, 15) is 8.78 Å². The van der Waals surface area contributed by atoms with Crippen LogP contribution in [0.2, 0.25) is 5.02 Å². The first-order chi connectivity index (χ1) is 10.0. The van der Waals surface area contributed by atoms with E-state index < -0.39 is 6.43 Å². The van der Waals surface area contributed by atoms with Crippen LogP contribution in [0.25, 0.3) is 5.69 Å². The number of para-hydroxylation sites is 1. The second kappa shape index (κ2) is 7.00. The van der Waals surface area contributed by atoms with Crippen molar-refractivity contribution in [3.8, 4) is 5.69 Å². The van der Waals surface area contributed by atoms with E-state index in [1.165, 1.54) is 10.9 Å². The molecule has 1 heterocycles. The highest BCUT2D eigenvalue weighted by Gasteiger charge is 2.21. The lowest BCUT2D eigenvalue weighted by molar-refractivity contribution is 0.141. The van der Waals surface area contributed by atoms with E-state index in [4.69, 9.17) is 11.6 Å². The lowest BCUT2D eigenvalue weighted by atomic mass is 10.2. The molecule has 0 saturated heterocycles. The number of rotatable bonds is 6. The summed E-state index contributed by atoms with van der Waals surface area (Å²) in [5, 5.41) is 7.63. The van der Waals surface area contributed by atoms with Gasteiger partial charge >= 0.3 is 0 Å². The van der Waals surface area contributed by atoms with Crippen molar-refractivity contribution in [3.63, 3.8) is 0 Å². The van der Waals surface area contributed by atoms with Crippen molar-refractivity contribution in [1.82, 2.24) is 15.1 Å². The average Bonchev–Trinajstić information content (AvgIpc) is 2.82. The van der Waals surface area contributed by atoms with Gasteiger partial charge in [0.1, 0.15) is 5.69 Å². The Hall–Kier alpha value is -1.46. The fourth-order valence-corrected chi connectivity index (χ4v) is 2.29. The Kier molecular flexibility index (Phi) is 5.31. The average molecular weight is 314 g/mol. The molecule has 2 aromatic rings. The summed E-state index contributed by atoms with van der Waals surface area (Å²) in [7, 11) is 0. The molecule has 0 unspecified atom stereocenters. The molecule has 0 saturated carbocycles. The minimum atomic E-state index is -2.61. The van der Waals surface area contributed by atoms with Crippen LogP contribution in [0, 0.1) is 5.92 Å². The molecule has 0 aliphatic rings. The fraction of sp³-hybridized carbons (Fsp3) is 0.400. The third-order valence-electron chi connectivity index (χ3n) is 3.04. The van der Waals surface area contributed by atoms with Gasteiger partial charge in [-0.2, -0.15) is 5.10 Å². The minimum absolute atomic E-state index is 0.112. The third-order valence-corrected chi connectivity index (χ3v) is 3.36. The van der Waals surface area contributed by atoms with Crippen LogP contribution >= 0.6 is 11.6 Å². The van der Waals surface area contributed by atoms with E-state index in [2.05, 4.69) is 24.3 Å². The zero-order chi connectivity index (χ0) is 15.4. The van der Waals surface area contributed by atoms with Gasteiger partial charge in [0, 0.05) is 12.1 Å². The molecule has 0 fully saturated rings. The van der Waals surface area contributed by atoms with Gasteiger partial charge in [0.2, 0.25) is 0 Å². The molecule has 0 atom stereocenters. The molecule has 0 bridgehead atoms. The van der Waals surface area contributed by atoms with E-state index in [-0.39, 0.29) is 5.69 Å². The summed E-state index contributed by atoms with van der Waals surface area (Å²) in [6.45, 7) is 5.25. The Morgan fingerprint density at radius 2 is 2.00 bits per heavy atom. The van der Waals surface area contributed by atoms with Crippen LogP contribution in [0.1, 0.15) is 31.5 Å². The van der Waals surface area contributed by atoms with Gasteiger partial charge in [-0.15, -0.1) is 0 Å². The number of halogens is 3. The zero-order valence-electron chi connectivity index (χ0n) is 12.0. The number of aromatic nitrogens is 2. The van der Waals surface area contributed by atoms with Gasteiger partial charge in [-0.1, -0.05) is 37.6 Å². The van der Waals surface area contributed by atoms with Crippen LogP contribution in [0.3, 0.4) is 0 Å². The standard InChI is InChI=1S/C15H18ClF2N3/c1-10(2)7-19-8-11-9-20-21(14(11)15(17)18)13-6-4-3-5-12(13)16/h3-6,9-10,15,19H,7-8H2,1-2H3. The van der Waals surface area contributed by atoms with Crippen LogP contribution in [-0.4, -0.2) is 16.3 Å². The summed E-state index contributed by atoms with van der Waals surface area (Å²) in [5.41, 5.74) is 0.842. The smallest absolute Gasteiger partial charge is 0.280 e. The van der Waals surface area contributed by atoms with Crippen molar-refractivity contribution >= 4 is 11.6 Å². The Morgan fingerprint density at radius 3 is 2.62 bits per heavy atom. The summed E-state index contributed by atoms with van der Waals surface area (Å²) in [5.74, 6) is 0.457. The molecule has 0 radical (unpaired) electrons. The van der Waals surface area contributed by atoms with Crippen LogP contribution in [0.15, 0.2) is 30.5 Å². The molecule has 0 amide bonds. The maximum absolute atomic E-state index is 13.4. The molecule has 21 heavy (non-hydrogen) atoms. The van der Waals surface area contributed by atoms with Crippen molar-refractivity contribution in [2.45, 2.75) is 26.8 Å². The normalized spacial score (nSPS) is 11.6. The van der Waals surface area contributed by atoms with Gasteiger partial charge in [-0.3, -0.25) is 0 Å². The maximum Gasteiger partial charge on any atom is 0.280 e. The van der Waals surface area contributed by atoms with Crippen molar-refractivity contribution in [3.05, 3.63) is 46.7 Å². The molecule has 0 aliphatic heterocycles. The molecule has 1 aromatic carbocycles. The molecule has 0 spiro atoms. The molecule has 2 rings (SSSR count). The quantitative estimate of drug-likeness (QED) is 0.866. The monoisotopic (exact) mass is 313 g/mol. The SMILES string of the molecule is CC(C)CNCc1cnn(-c2ccccc2Cl)c1C(F)F. The van der Waals surface area contributed by atoms with E-state index >= 15 is 0 Å². The highest BCUT2D eigenvalue weighted by atomic mass is 35.5. The molecule has 0 aliphatic carbocycles. The van der Waals surface area contributed by atoms with E-state index in [1.54, 1.807) is 24.3 Å². The summed E-state index contributed by atoms with van der Waals surface area (Å²) in [6.07, 6.45) is -1.14. The Labute approximate surface area is 127 Å². The second-order valence-electron chi connectivity index (χ2n) is 5.24. The summed E-state index contributed by atoms with van der Waals surface area (Å²) in [4.78, 5) is 0. The first kappa shape index (κ1) is 15.9. The lowest BCUT2D eigenvalue weighted by Crippen LogP contribution is -2.19. The van der Waals surface area contributed by atoms with Gasteiger partial charge < -0.3 is 5.32 Å². The van der Waals surface area contributed by atoms with Gasteiger partial charge in [0.05, 0.1) is 16.9 Å². The second-order valence-corrected chi connectivity index (χ2v) is 5.65.